The molecule has 2 heterocycles. The quantitative estimate of drug-likeness (QED) is 0.809. The summed E-state index contributed by atoms with van der Waals surface area (Å²) in [5, 5.41) is 0. The van der Waals surface area contributed by atoms with Crippen molar-refractivity contribution in [2.45, 2.75) is 19.4 Å². The first-order valence-electron chi connectivity index (χ1n) is 7.10. The minimum Gasteiger partial charge on any atom is -0.338 e. The number of carbonyl (C=O) groups is 1. The predicted octanol–water partition coefficient (Wildman–Crippen LogP) is 0.194. The van der Waals surface area contributed by atoms with E-state index >= 15 is 0 Å². The number of hydrogen-bond donors (Lipinski definition) is 1. The zero-order chi connectivity index (χ0) is 15.3. The standard InChI is InChI=1S/C14H21N3O3S/c15-5-2-7-17(10-12-3-1-6-16-9-12)14(18)13-4-8-21(19,20)11-13/h1,3,6,9,13H,2,4-5,7-8,10-11,15H2. The minimum atomic E-state index is -3.05. The van der Waals surface area contributed by atoms with Gasteiger partial charge >= 0.3 is 0 Å². The van der Waals surface area contributed by atoms with Crippen LogP contribution >= 0.6 is 0 Å². The van der Waals surface area contributed by atoms with Crippen LogP contribution < -0.4 is 5.73 Å². The largest absolute Gasteiger partial charge is 0.338 e. The van der Waals surface area contributed by atoms with Gasteiger partial charge in [0, 0.05) is 25.5 Å². The molecule has 2 rings (SSSR count). The third-order valence-electron chi connectivity index (χ3n) is 3.62. The maximum absolute atomic E-state index is 12.5. The Kier molecular flexibility index (Phi) is 5.30. The van der Waals surface area contributed by atoms with Crippen LogP contribution in [0, 0.1) is 5.92 Å². The van der Waals surface area contributed by atoms with E-state index in [4.69, 9.17) is 5.73 Å². The summed E-state index contributed by atoms with van der Waals surface area (Å²) in [6.07, 6.45) is 4.52. The van der Waals surface area contributed by atoms with Crippen LogP contribution in [0.1, 0.15) is 18.4 Å². The van der Waals surface area contributed by atoms with E-state index in [0.717, 1.165) is 5.56 Å². The number of rotatable bonds is 6. The van der Waals surface area contributed by atoms with Gasteiger partial charge in [-0.1, -0.05) is 6.07 Å². The Hall–Kier alpha value is -1.47. The highest BCUT2D eigenvalue weighted by Gasteiger charge is 2.35. The summed E-state index contributed by atoms with van der Waals surface area (Å²) in [6, 6.07) is 3.72. The van der Waals surface area contributed by atoms with Gasteiger partial charge in [0.1, 0.15) is 0 Å². The second-order valence-electron chi connectivity index (χ2n) is 5.36. The van der Waals surface area contributed by atoms with Crippen LogP contribution in [0.5, 0.6) is 0 Å². The lowest BCUT2D eigenvalue weighted by Gasteiger charge is -2.25. The number of aromatic nitrogens is 1. The van der Waals surface area contributed by atoms with Gasteiger partial charge in [0.15, 0.2) is 9.84 Å². The number of pyridine rings is 1. The van der Waals surface area contributed by atoms with Crippen LogP contribution in [-0.2, 0) is 21.2 Å². The molecule has 7 heteroatoms. The third-order valence-corrected chi connectivity index (χ3v) is 5.39. The summed E-state index contributed by atoms with van der Waals surface area (Å²) in [6.45, 7) is 1.49. The summed E-state index contributed by atoms with van der Waals surface area (Å²) in [7, 11) is -3.05. The molecule has 1 aromatic heterocycles. The molecule has 6 nitrogen and oxygen atoms in total. The van der Waals surface area contributed by atoms with Gasteiger partial charge < -0.3 is 10.6 Å². The van der Waals surface area contributed by atoms with Gasteiger partial charge in [-0.15, -0.1) is 0 Å². The molecular weight excluding hydrogens is 290 g/mol. The van der Waals surface area contributed by atoms with Gasteiger partial charge in [-0.3, -0.25) is 9.78 Å². The zero-order valence-electron chi connectivity index (χ0n) is 11.9. The molecule has 1 unspecified atom stereocenters. The van der Waals surface area contributed by atoms with Crippen molar-refractivity contribution in [3.8, 4) is 0 Å². The molecule has 0 aliphatic carbocycles. The second kappa shape index (κ2) is 7.00. The smallest absolute Gasteiger partial charge is 0.227 e. The predicted molar refractivity (Wildman–Crippen MR) is 80.1 cm³/mol. The molecule has 116 valence electrons. The molecule has 1 fully saturated rings. The monoisotopic (exact) mass is 311 g/mol. The van der Waals surface area contributed by atoms with Crippen molar-refractivity contribution < 1.29 is 13.2 Å². The fourth-order valence-corrected chi connectivity index (χ4v) is 4.24. The molecule has 21 heavy (non-hydrogen) atoms. The van der Waals surface area contributed by atoms with Gasteiger partial charge in [0.25, 0.3) is 0 Å². The third kappa shape index (κ3) is 4.50. The summed E-state index contributed by atoms with van der Waals surface area (Å²) < 4.78 is 23.1. The lowest BCUT2D eigenvalue weighted by Crippen LogP contribution is -2.37. The van der Waals surface area contributed by atoms with Crippen molar-refractivity contribution in [1.29, 1.82) is 0 Å². The number of nitrogens with zero attached hydrogens (tertiary/aromatic N) is 2. The maximum Gasteiger partial charge on any atom is 0.227 e. The number of carbonyl (C=O) groups excluding carboxylic acids is 1. The molecule has 1 amide bonds. The van der Waals surface area contributed by atoms with E-state index in [9.17, 15) is 13.2 Å². The number of nitrogens with two attached hydrogens (primary N) is 1. The molecular formula is C14H21N3O3S. The topological polar surface area (TPSA) is 93.4 Å². The van der Waals surface area contributed by atoms with Gasteiger partial charge in [0.2, 0.25) is 5.91 Å². The van der Waals surface area contributed by atoms with Crippen molar-refractivity contribution in [3.63, 3.8) is 0 Å². The highest BCUT2D eigenvalue weighted by molar-refractivity contribution is 7.91. The van der Waals surface area contributed by atoms with Crippen molar-refractivity contribution in [3.05, 3.63) is 30.1 Å². The van der Waals surface area contributed by atoms with Crippen LogP contribution in [0.15, 0.2) is 24.5 Å². The number of hydrogen-bond acceptors (Lipinski definition) is 5. The van der Waals surface area contributed by atoms with Gasteiger partial charge in [-0.2, -0.15) is 0 Å². The Labute approximate surface area is 125 Å². The molecule has 0 bridgehead atoms. The van der Waals surface area contributed by atoms with E-state index in [0.29, 0.717) is 32.5 Å². The van der Waals surface area contributed by atoms with Crippen LogP contribution in [0.3, 0.4) is 0 Å². The van der Waals surface area contributed by atoms with Crippen LogP contribution in [0.25, 0.3) is 0 Å². The lowest BCUT2D eigenvalue weighted by atomic mass is 10.1. The Morgan fingerprint density at radius 3 is 2.86 bits per heavy atom. The fraction of sp³-hybridized carbons (Fsp3) is 0.571. The first-order chi connectivity index (χ1) is 10.0. The molecule has 1 aromatic rings. The Morgan fingerprint density at radius 1 is 1.48 bits per heavy atom. The van der Waals surface area contributed by atoms with Gasteiger partial charge in [-0.05, 0) is 31.0 Å². The Balaban J connectivity index is 2.06. The molecule has 1 aliphatic heterocycles. The molecule has 0 aromatic carbocycles. The van der Waals surface area contributed by atoms with E-state index < -0.39 is 15.8 Å². The van der Waals surface area contributed by atoms with Crippen LogP contribution in [0.2, 0.25) is 0 Å². The Morgan fingerprint density at radius 2 is 2.29 bits per heavy atom. The summed E-state index contributed by atoms with van der Waals surface area (Å²) in [5.74, 6) is -0.420. The van der Waals surface area contributed by atoms with E-state index in [2.05, 4.69) is 4.98 Å². The van der Waals surface area contributed by atoms with E-state index in [1.54, 1.807) is 17.3 Å². The fourth-order valence-electron chi connectivity index (χ4n) is 2.51. The average Bonchev–Trinajstić information content (AvgIpc) is 2.84. The van der Waals surface area contributed by atoms with Gasteiger partial charge in [-0.25, -0.2) is 8.42 Å². The number of amides is 1. The molecule has 0 spiro atoms. The highest BCUT2D eigenvalue weighted by atomic mass is 32.2. The second-order valence-corrected chi connectivity index (χ2v) is 7.59. The molecule has 2 N–H and O–H groups in total. The van der Waals surface area contributed by atoms with Crippen molar-refractivity contribution in [2.24, 2.45) is 11.7 Å². The molecule has 1 aliphatic rings. The summed E-state index contributed by atoms with van der Waals surface area (Å²) in [4.78, 5) is 18.3. The summed E-state index contributed by atoms with van der Waals surface area (Å²) in [5.41, 5.74) is 6.45. The van der Waals surface area contributed by atoms with Crippen LogP contribution in [0.4, 0.5) is 0 Å². The first-order valence-corrected chi connectivity index (χ1v) is 8.92. The SMILES string of the molecule is NCCCN(Cc1cccnc1)C(=O)C1CCS(=O)(=O)C1. The van der Waals surface area contributed by atoms with Crippen molar-refractivity contribution >= 4 is 15.7 Å². The lowest BCUT2D eigenvalue weighted by molar-refractivity contribution is -0.135. The molecule has 1 atom stereocenters. The zero-order valence-corrected chi connectivity index (χ0v) is 12.8. The first kappa shape index (κ1) is 15.9. The maximum atomic E-state index is 12.5. The average molecular weight is 311 g/mol. The molecule has 1 saturated heterocycles. The Bertz CT molecular complexity index is 574. The van der Waals surface area contributed by atoms with E-state index in [1.807, 2.05) is 12.1 Å². The number of sulfone groups is 1. The normalized spacial score (nSPS) is 20.3. The van der Waals surface area contributed by atoms with E-state index in [-0.39, 0.29) is 17.4 Å². The van der Waals surface area contributed by atoms with Crippen LogP contribution in [-0.4, -0.2) is 48.8 Å². The minimum absolute atomic E-state index is 0.0298. The van der Waals surface area contributed by atoms with Crippen molar-refractivity contribution in [1.82, 2.24) is 9.88 Å². The van der Waals surface area contributed by atoms with E-state index in [1.165, 1.54) is 0 Å². The highest BCUT2D eigenvalue weighted by Crippen LogP contribution is 2.21. The summed E-state index contributed by atoms with van der Waals surface area (Å²) >= 11 is 0. The molecule has 0 radical (unpaired) electrons. The van der Waals surface area contributed by atoms with Crippen molar-refractivity contribution in [2.75, 3.05) is 24.6 Å². The van der Waals surface area contributed by atoms with Gasteiger partial charge in [0.05, 0.1) is 17.4 Å². The molecule has 0 saturated carbocycles.